The van der Waals surface area contributed by atoms with Crippen LogP contribution < -0.4 is 0 Å². The molecular weight excluding hydrogens is 97.0 g/mol. The first-order chi connectivity index (χ1) is 2.77. The highest BCUT2D eigenvalue weighted by molar-refractivity contribution is 4.25. The van der Waals surface area contributed by atoms with E-state index in [4.69, 9.17) is 0 Å². The van der Waals surface area contributed by atoms with Crippen molar-refractivity contribution >= 4 is 0 Å². The van der Waals surface area contributed by atoms with Crippen LogP contribution in [0.3, 0.4) is 0 Å². The number of halogens is 3. The van der Waals surface area contributed by atoms with Crippen LogP contribution in [0.2, 0.25) is 0 Å². The average molecular weight is 100 g/mol. The second-order valence-corrected chi connectivity index (χ2v) is 0.667. The SMILES string of the molecule is FOCC(F)F. The molecule has 4 heteroatoms. The Hall–Kier alpha value is -0.250. The van der Waals surface area contributed by atoms with Gasteiger partial charge in [0.1, 0.15) is 6.61 Å². The minimum Gasteiger partial charge on any atom is -0.208 e. The Morgan fingerprint density at radius 3 is 2.00 bits per heavy atom. The third kappa shape index (κ3) is 3.75. The highest BCUT2D eigenvalue weighted by Gasteiger charge is 1.99. The lowest BCUT2D eigenvalue weighted by Crippen LogP contribution is -1.96. The molecule has 0 rings (SSSR count). The lowest BCUT2D eigenvalue weighted by Gasteiger charge is -1.85. The Morgan fingerprint density at radius 2 is 2.00 bits per heavy atom. The van der Waals surface area contributed by atoms with E-state index in [1.807, 2.05) is 0 Å². The Morgan fingerprint density at radius 1 is 1.50 bits per heavy atom. The van der Waals surface area contributed by atoms with Crippen molar-refractivity contribution in [3.8, 4) is 0 Å². The summed E-state index contributed by atoms with van der Waals surface area (Å²) >= 11 is 0. The monoisotopic (exact) mass is 100 g/mol. The van der Waals surface area contributed by atoms with E-state index in [1.165, 1.54) is 0 Å². The van der Waals surface area contributed by atoms with Gasteiger partial charge in [0.15, 0.2) is 0 Å². The molecule has 0 saturated carbocycles. The molecule has 0 aromatic rings. The molecule has 0 aliphatic carbocycles. The second-order valence-electron chi connectivity index (χ2n) is 0.667. The van der Waals surface area contributed by atoms with E-state index in [0.29, 0.717) is 0 Å². The molecule has 0 spiro atoms. The molecule has 1 nitrogen and oxygen atoms in total. The van der Waals surface area contributed by atoms with Crippen molar-refractivity contribution in [3.63, 3.8) is 0 Å². The summed E-state index contributed by atoms with van der Waals surface area (Å²) in [6.07, 6.45) is -2.70. The maximum atomic E-state index is 10.7. The fourth-order valence-electron chi connectivity index (χ4n) is 0.0476. The van der Waals surface area contributed by atoms with Gasteiger partial charge in [-0.25, -0.2) is 8.78 Å². The van der Waals surface area contributed by atoms with Crippen LogP contribution in [-0.2, 0) is 4.94 Å². The smallest absolute Gasteiger partial charge is 0.208 e. The van der Waals surface area contributed by atoms with Crippen molar-refractivity contribution in [2.24, 2.45) is 0 Å². The van der Waals surface area contributed by atoms with Crippen LogP contribution in [0.5, 0.6) is 0 Å². The van der Waals surface area contributed by atoms with E-state index >= 15 is 0 Å². The third-order valence-corrected chi connectivity index (χ3v) is 0.189. The summed E-state index contributed by atoms with van der Waals surface area (Å²) in [7, 11) is 0. The van der Waals surface area contributed by atoms with Gasteiger partial charge in [0.2, 0.25) is 0 Å². The molecule has 0 radical (unpaired) electrons. The number of hydrogen-bond acceptors (Lipinski definition) is 1. The standard InChI is InChI=1S/C2H3F3O/c3-2(4)1-6-5/h2H,1H2. The normalized spacial score (nSPS) is 10.0. The predicted octanol–water partition coefficient (Wildman–Crippen LogP) is 1.15. The Bertz CT molecular complexity index is 30.0. The van der Waals surface area contributed by atoms with Crippen molar-refractivity contribution in [2.75, 3.05) is 6.61 Å². The molecule has 0 aliphatic rings. The minimum absolute atomic E-state index is 1.12. The summed E-state index contributed by atoms with van der Waals surface area (Å²) in [6.45, 7) is -1.12. The van der Waals surface area contributed by atoms with Gasteiger partial charge in [-0.15, -0.1) is 0 Å². The van der Waals surface area contributed by atoms with Gasteiger partial charge >= 0.3 is 0 Å². The molecule has 0 saturated heterocycles. The molecule has 6 heavy (non-hydrogen) atoms. The maximum Gasteiger partial charge on any atom is 0.265 e. The van der Waals surface area contributed by atoms with E-state index in [2.05, 4.69) is 4.94 Å². The van der Waals surface area contributed by atoms with Gasteiger partial charge < -0.3 is 0 Å². The van der Waals surface area contributed by atoms with E-state index in [-0.39, 0.29) is 0 Å². The van der Waals surface area contributed by atoms with E-state index in [1.54, 1.807) is 0 Å². The number of hydrogen-bond donors (Lipinski definition) is 0. The Balaban J connectivity index is 2.63. The van der Waals surface area contributed by atoms with Crippen LogP contribution in [0.25, 0.3) is 0 Å². The van der Waals surface area contributed by atoms with Crippen molar-refractivity contribution in [1.82, 2.24) is 0 Å². The lowest BCUT2D eigenvalue weighted by molar-refractivity contribution is -0.163. The van der Waals surface area contributed by atoms with Gasteiger partial charge in [0, 0.05) is 0 Å². The first-order valence-corrected chi connectivity index (χ1v) is 1.29. The molecule has 0 heterocycles. The van der Waals surface area contributed by atoms with Crippen molar-refractivity contribution in [1.29, 1.82) is 0 Å². The minimum atomic E-state index is -2.70. The van der Waals surface area contributed by atoms with Gasteiger partial charge in [0.25, 0.3) is 6.43 Å². The molecule has 0 aromatic carbocycles. The zero-order valence-corrected chi connectivity index (χ0v) is 2.83. The molecular formula is C2H3F3O. The fraction of sp³-hybridized carbons (Fsp3) is 1.00. The first-order valence-electron chi connectivity index (χ1n) is 1.29. The van der Waals surface area contributed by atoms with Crippen LogP contribution in [0.1, 0.15) is 0 Å². The first kappa shape index (κ1) is 5.75. The fourth-order valence-corrected chi connectivity index (χ4v) is 0.0476. The Labute approximate surface area is 32.6 Å². The van der Waals surface area contributed by atoms with Crippen LogP contribution >= 0.6 is 0 Å². The van der Waals surface area contributed by atoms with Crippen LogP contribution in [0.4, 0.5) is 13.3 Å². The summed E-state index contributed by atoms with van der Waals surface area (Å²) in [6, 6.07) is 0. The topological polar surface area (TPSA) is 9.23 Å². The van der Waals surface area contributed by atoms with E-state index < -0.39 is 13.0 Å². The van der Waals surface area contributed by atoms with Gasteiger partial charge in [-0.3, -0.25) is 0 Å². The molecule has 0 N–H and O–H groups in total. The molecule has 0 aliphatic heterocycles. The van der Waals surface area contributed by atoms with Gasteiger partial charge in [-0.1, -0.05) is 0 Å². The van der Waals surface area contributed by atoms with Crippen molar-refractivity contribution in [2.45, 2.75) is 6.43 Å². The van der Waals surface area contributed by atoms with E-state index in [0.717, 1.165) is 0 Å². The Kier molecular flexibility index (Phi) is 2.84. The highest BCUT2D eigenvalue weighted by atomic mass is 19.3. The van der Waals surface area contributed by atoms with Gasteiger partial charge in [-0.2, -0.15) is 4.94 Å². The highest BCUT2D eigenvalue weighted by Crippen LogP contribution is 1.90. The summed E-state index contributed by atoms with van der Waals surface area (Å²) in [5, 5.41) is 0. The third-order valence-electron chi connectivity index (χ3n) is 0.189. The molecule has 38 valence electrons. The zero-order valence-electron chi connectivity index (χ0n) is 2.83. The maximum absolute atomic E-state index is 10.7. The van der Waals surface area contributed by atoms with Crippen LogP contribution in [0, 0.1) is 0 Å². The molecule has 0 unspecified atom stereocenters. The number of alkyl halides is 2. The molecule has 0 atom stereocenters. The number of rotatable bonds is 2. The van der Waals surface area contributed by atoms with Crippen LogP contribution in [0.15, 0.2) is 0 Å². The zero-order chi connectivity index (χ0) is 4.99. The van der Waals surface area contributed by atoms with E-state index in [9.17, 15) is 13.3 Å². The van der Waals surface area contributed by atoms with Gasteiger partial charge in [0.05, 0.1) is 0 Å². The largest absolute Gasteiger partial charge is 0.265 e. The van der Waals surface area contributed by atoms with Crippen LogP contribution in [-0.4, -0.2) is 13.0 Å². The molecule has 0 aromatic heterocycles. The molecule has 0 fully saturated rings. The molecule has 0 bridgehead atoms. The predicted molar refractivity (Wildman–Crippen MR) is 13.1 cm³/mol. The van der Waals surface area contributed by atoms with Crippen molar-refractivity contribution in [3.05, 3.63) is 0 Å². The average Bonchev–Trinajstić information content (AvgIpc) is 1.35. The second kappa shape index (κ2) is 2.96. The lowest BCUT2D eigenvalue weighted by atomic mass is 10.8. The summed E-state index contributed by atoms with van der Waals surface area (Å²) in [5.74, 6) is 0. The summed E-state index contributed by atoms with van der Waals surface area (Å²) in [4.78, 5) is 2.55. The van der Waals surface area contributed by atoms with Crippen molar-refractivity contribution < 1.29 is 18.2 Å². The van der Waals surface area contributed by atoms with Gasteiger partial charge in [-0.05, 0) is 4.53 Å². The quantitative estimate of drug-likeness (QED) is 0.505. The summed E-state index contributed by atoms with van der Waals surface area (Å²) in [5.41, 5.74) is 0. The molecule has 0 amide bonds. The summed E-state index contributed by atoms with van der Waals surface area (Å²) < 4.78 is 31.6.